The molecular weight excluding hydrogens is 645 g/mol. The predicted molar refractivity (Wildman–Crippen MR) is 205 cm³/mol. The fourth-order valence-electron chi connectivity index (χ4n) is 6.55. The molecule has 7 heteroatoms. The van der Waals surface area contributed by atoms with Crippen molar-refractivity contribution >= 4 is 74.6 Å². The van der Waals surface area contributed by atoms with E-state index in [0.717, 1.165) is 16.0 Å². The van der Waals surface area contributed by atoms with E-state index in [9.17, 15) is 0 Å². The minimum atomic E-state index is 0.684. The summed E-state index contributed by atoms with van der Waals surface area (Å²) in [6.07, 6.45) is 0. The normalized spacial score (nSPS) is 11.8. The van der Waals surface area contributed by atoms with Crippen LogP contribution in [-0.4, -0.2) is 19.5 Å². The monoisotopic (exact) mass is 668 g/mol. The fraction of sp³-hybridized carbons (Fsp3) is 0. The van der Waals surface area contributed by atoms with Gasteiger partial charge in [-0.05, 0) is 42.0 Å². The van der Waals surface area contributed by atoms with Gasteiger partial charge in [-0.1, -0.05) is 103 Å². The molecule has 0 fully saturated rings. The molecule has 5 aromatic carbocycles. The molecule has 0 N–H and O–H groups in total. The molecule has 10 rings (SSSR count). The largest absolute Gasteiger partial charge is 0.309 e. The van der Waals surface area contributed by atoms with Crippen LogP contribution in [0.5, 0.6) is 0 Å². The number of aromatic nitrogens is 4. The molecule has 0 atom stereocenters. The van der Waals surface area contributed by atoms with Crippen molar-refractivity contribution < 1.29 is 0 Å². The number of thiophene rings is 3. The van der Waals surface area contributed by atoms with E-state index in [-0.39, 0.29) is 0 Å². The van der Waals surface area contributed by atoms with E-state index in [1.54, 1.807) is 11.3 Å². The molecule has 0 bridgehead atoms. The quantitative estimate of drug-likeness (QED) is 0.183. The van der Waals surface area contributed by atoms with Crippen molar-refractivity contribution in [2.24, 2.45) is 0 Å². The molecule has 0 aliphatic heterocycles. The lowest BCUT2D eigenvalue weighted by atomic mass is 10.0. The van der Waals surface area contributed by atoms with Gasteiger partial charge in [0.2, 0.25) is 0 Å². The summed E-state index contributed by atoms with van der Waals surface area (Å²) >= 11 is 5.46. The summed E-state index contributed by atoms with van der Waals surface area (Å²) in [5, 5.41) is 4.86. The second-order valence-corrected chi connectivity index (χ2v) is 14.7. The Hall–Kier alpha value is -5.47. The third-order valence-electron chi connectivity index (χ3n) is 8.78. The van der Waals surface area contributed by atoms with Crippen molar-refractivity contribution in [1.29, 1.82) is 0 Å². The van der Waals surface area contributed by atoms with Gasteiger partial charge >= 0.3 is 0 Å². The Morgan fingerprint density at radius 2 is 1.08 bits per heavy atom. The first-order valence-electron chi connectivity index (χ1n) is 15.7. The lowest BCUT2D eigenvalue weighted by molar-refractivity contribution is 1.08. The summed E-state index contributed by atoms with van der Waals surface area (Å²) in [6.45, 7) is 0. The number of para-hydroxylation sites is 2. The van der Waals surface area contributed by atoms with Gasteiger partial charge in [-0.25, -0.2) is 15.0 Å². The Labute approximate surface area is 287 Å². The molecule has 0 amide bonds. The van der Waals surface area contributed by atoms with Crippen LogP contribution in [0.25, 0.3) is 90.9 Å². The number of fused-ring (bicyclic) bond motifs is 6. The smallest absolute Gasteiger partial charge is 0.174 e. The van der Waals surface area contributed by atoms with Crippen LogP contribution in [0.3, 0.4) is 0 Å². The SMILES string of the molecule is c1ccc(-c2nc(-c3ccccc3)nc(-c3cc4sc5c(-c6ccc7c(c6)c6ccccc6n7-c6ccccc6)csc5c4s3)n2)cc1. The van der Waals surface area contributed by atoms with E-state index in [1.807, 2.05) is 83.3 Å². The van der Waals surface area contributed by atoms with Crippen LogP contribution in [0.1, 0.15) is 0 Å². The molecule has 226 valence electrons. The van der Waals surface area contributed by atoms with Crippen LogP contribution < -0.4 is 0 Å². The molecule has 10 aromatic rings. The Kier molecular flexibility index (Phi) is 6.37. The van der Waals surface area contributed by atoms with Gasteiger partial charge in [-0.15, -0.1) is 34.0 Å². The molecule has 0 aliphatic rings. The van der Waals surface area contributed by atoms with Gasteiger partial charge < -0.3 is 4.57 Å². The second-order valence-electron chi connectivity index (χ2n) is 11.7. The molecule has 0 unspecified atom stereocenters. The maximum absolute atomic E-state index is 4.98. The van der Waals surface area contributed by atoms with Crippen LogP contribution in [-0.2, 0) is 0 Å². The second kappa shape index (κ2) is 11.1. The number of nitrogens with zero attached hydrogens (tertiary/aromatic N) is 4. The van der Waals surface area contributed by atoms with Gasteiger partial charge in [0, 0.05) is 43.2 Å². The van der Waals surface area contributed by atoms with E-state index in [1.165, 1.54) is 57.4 Å². The summed E-state index contributed by atoms with van der Waals surface area (Å²) in [6, 6.07) is 48.8. The molecule has 0 aliphatic carbocycles. The van der Waals surface area contributed by atoms with Gasteiger partial charge in [-0.2, -0.15) is 0 Å². The Morgan fingerprint density at radius 1 is 0.458 bits per heavy atom. The first-order valence-corrected chi connectivity index (χ1v) is 18.2. The van der Waals surface area contributed by atoms with Crippen molar-refractivity contribution in [3.05, 3.63) is 145 Å². The maximum atomic E-state index is 4.98. The highest BCUT2D eigenvalue weighted by atomic mass is 32.1. The molecule has 48 heavy (non-hydrogen) atoms. The Balaban J connectivity index is 1.09. The lowest BCUT2D eigenvalue weighted by Crippen LogP contribution is -1.99. The van der Waals surface area contributed by atoms with Crippen molar-refractivity contribution in [3.8, 4) is 50.3 Å². The average molecular weight is 669 g/mol. The van der Waals surface area contributed by atoms with E-state index < -0.39 is 0 Å². The highest BCUT2D eigenvalue weighted by molar-refractivity contribution is 7.39. The summed E-state index contributed by atoms with van der Waals surface area (Å²) < 4.78 is 7.60. The number of rotatable bonds is 5. The minimum Gasteiger partial charge on any atom is -0.309 e. The Morgan fingerprint density at radius 3 is 1.81 bits per heavy atom. The van der Waals surface area contributed by atoms with Crippen LogP contribution in [0, 0.1) is 0 Å². The molecule has 4 nitrogen and oxygen atoms in total. The standard InChI is InChI=1S/C41H24N4S3/c1-4-12-25(13-5-1)39-42-40(26-14-6-2-7-15-26)44-41(43-39)35-23-34-37(48-35)38-36(47-34)31(24-46-38)27-20-21-33-30(22-27)29-18-10-11-19-32(29)45(33)28-16-8-3-9-17-28/h1-24H. The third kappa shape index (κ3) is 4.43. The van der Waals surface area contributed by atoms with Crippen molar-refractivity contribution in [2.45, 2.75) is 0 Å². The van der Waals surface area contributed by atoms with Gasteiger partial charge in [0.15, 0.2) is 17.5 Å². The van der Waals surface area contributed by atoms with Crippen molar-refractivity contribution in [3.63, 3.8) is 0 Å². The molecule has 0 radical (unpaired) electrons. The van der Waals surface area contributed by atoms with Gasteiger partial charge in [0.25, 0.3) is 0 Å². The topological polar surface area (TPSA) is 43.6 Å². The van der Waals surface area contributed by atoms with E-state index >= 15 is 0 Å². The number of hydrogen-bond acceptors (Lipinski definition) is 6. The predicted octanol–water partition coefficient (Wildman–Crippen LogP) is 12.1. The zero-order chi connectivity index (χ0) is 31.6. The maximum Gasteiger partial charge on any atom is 0.174 e. The van der Waals surface area contributed by atoms with Crippen LogP contribution >= 0.6 is 34.0 Å². The zero-order valence-electron chi connectivity index (χ0n) is 25.4. The van der Waals surface area contributed by atoms with Crippen molar-refractivity contribution in [1.82, 2.24) is 19.5 Å². The summed E-state index contributed by atoms with van der Waals surface area (Å²) in [5.41, 5.74) is 8.11. The zero-order valence-corrected chi connectivity index (χ0v) is 27.8. The number of benzene rings is 5. The van der Waals surface area contributed by atoms with Gasteiger partial charge in [0.05, 0.1) is 30.0 Å². The van der Waals surface area contributed by atoms with E-state index in [0.29, 0.717) is 17.5 Å². The van der Waals surface area contributed by atoms with Crippen LogP contribution in [0.15, 0.2) is 145 Å². The molecule has 0 saturated heterocycles. The molecule has 0 spiro atoms. The lowest BCUT2D eigenvalue weighted by Gasteiger charge is -2.07. The molecule has 5 aromatic heterocycles. The highest BCUT2D eigenvalue weighted by Crippen LogP contribution is 2.49. The summed E-state index contributed by atoms with van der Waals surface area (Å²) in [5.74, 6) is 2.08. The summed E-state index contributed by atoms with van der Waals surface area (Å²) in [7, 11) is 0. The summed E-state index contributed by atoms with van der Waals surface area (Å²) in [4.78, 5) is 15.9. The third-order valence-corrected chi connectivity index (χ3v) is 12.5. The Bertz CT molecular complexity index is 2720. The van der Waals surface area contributed by atoms with E-state index in [4.69, 9.17) is 15.0 Å². The van der Waals surface area contributed by atoms with Gasteiger partial charge in [0.1, 0.15) is 0 Å². The molecule has 5 heterocycles. The first kappa shape index (κ1) is 27.6. The molecule has 0 saturated carbocycles. The first-order chi connectivity index (χ1) is 23.8. The van der Waals surface area contributed by atoms with Crippen molar-refractivity contribution in [2.75, 3.05) is 0 Å². The van der Waals surface area contributed by atoms with E-state index in [2.05, 4.69) is 88.8 Å². The fourth-order valence-corrected chi connectivity index (χ4v) is 10.5. The molecular formula is C41H24N4S3. The number of hydrogen-bond donors (Lipinski definition) is 0. The minimum absolute atomic E-state index is 0.684. The highest BCUT2D eigenvalue weighted by Gasteiger charge is 2.20. The van der Waals surface area contributed by atoms with Crippen LogP contribution in [0.2, 0.25) is 0 Å². The van der Waals surface area contributed by atoms with Crippen LogP contribution in [0.4, 0.5) is 0 Å². The van der Waals surface area contributed by atoms with Gasteiger partial charge in [-0.3, -0.25) is 0 Å². The average Bonchev–Trinajstić information content (AvgIpc) is 3.92.